The van der Waals surface area contributed by atoms with Crippen LogP contribution in [-0.4, -0.2) is 63.7 Å². The second kappa shape index (κ2) is 7.78. The molecule has 0 aromatic carbocycles. The highest BCUT2D eigenvalue weighted by Gasteiger charge is 2.22. The first-order valence-corrected chi connectivity index (χ1v) is 8.99. The van der Waals surface area contributed by atoms with Gasteiger partial charge in [0.25, 0.3) is 5.91 Å². The number of piperidine rings is 1. The van der Waals surface area contributed by atoms with Gasteiger partial charge in [0.15, 0.2) is 5.82 Å². The van der Waals surface area contributed by atoms with Crippen molar-refractivity contribution in [3.8, 4) is 5.82 Å². The Kier molecular flexibility index (Phi) is 5.48. The molecule has 0 saturated carbocycles. The van der Waals surface area contributed by atoms with E-state index in [2.05, 4.69) is 22.0 Å². The molecule has 134 valence electrons. The van der Waals surface area contributed by atoms with Crippen molar-refractivity contribution in [2.75, 3.05) is 27.2 Å². The van der Waals surface area contributed by atoms with Crippen molar-refractivity contribution in [2.45, 2.75) is 38.6 Å². The first-order chi connectivity index (χ1) is 12.1. The molecule has 0 unspecified atom stereocenters. The molecule has 6 heteroatoms. The molecule has 0 spiro atoms. The van der Waals surface area contributed by atoms with Gasteiger partial charge in [0.05, 0.1) is 17.5 Å². The summed E-state index contributed by atoms with van der Waals surface area (Å²) in [6.45, 7) is 3.85. The predicted octanol–water partition coefficient (Wildman–Crippen LogP) is 2.52. The van der Waals surface area contributed by atoms with E-state index in [0.717, 1.165) is 31.0 Å². The molecule has 0 aliphatic carbocycles. The monoisotopic (exact) mass is 341 g/mol. The van der Waals surface area contributed by atoms with E-state index < -0.39 is 0 Å². The zero-order chi connectivity index (χ0) is 17.8. The highest BCUT2D eigenvalue weighted by molar-refractivity contribution is 5.95. The second-order valence-electron chi connectivity index (χ2n) is 6.89. The first-order valence-electron chi connectivity index (χ1n) is 8.99. The average molecular weight is 341 g/mol. The van der Waals surface area contributed by atoms with Gasteiger partial charge in [-0.1, -0.05) is 12.5 Å². The minimum absolute atomic E-state index is 0.0261. The van der Waals surface area contributed by atoms with E-state index in [0.29, 0.717) is 11.6 Å². The van der Waals surface area contributed by atoms with Crippen LogP contribution < -0.4 is 0 Å². The van der Waals surface area contributed by atoms with Crippen LogP contribution in [0.15, 0.2) is 30.6 Å². The number of pyridine rings is 1. The van der Waals surface area contributed by atoms with Crippen LogP contribution in [-0.2, 0) is 0 Å². The molecule has 1 amide bonds. The Labute approximate surface area is 149 Å². The third-order valence-electron chi connectivity index (χ3n) is 5.17. The largest absolute Gasteiger partial charge is 0.342 e. The summed E-state index contributed by atoms with van der Waals surface area (Å²) in [5, 5.41) is 4.35. The van der Waals surface area contributed by atoms with Crippen LogP contribution in [0.25, 0.3) is 5.82 Å². The highest BCUT2D eigenvalue weighted by Crippen LogP contribution is 2.19. The molecule has 1 atom stereocenters. The molecular formula is C19H27N5O. The standard InChI is InChI=1S/C19H27N5O/c1-15-17(14-21-24(15)18-9-4-6-11-20-18)19(25)23(3)13-10-16-8-5-7-12-22(16)2/h4,6,9,11,14,16H,5,7-8,10,12-13H2,1-3H3/t16-/m1/s1. The molecular weight excluding hydrogens is 314 g/mol. The maximum Gasteiger partial charge on any atom is 0.257 e. The molecule has 1 aliphatic rings. The van der Waals surface area contributed by atoms with Gasteiger partial charge in [-0.15, -0.1) is 0 Å². The van der Waals surface area contributed by atoms with E-state index in [1.807, 2.05) is 37.1 Å². The number of hydrogen-bond donors (Lipinski definition) is 0. The van der Waals surface area contributed by atoms with Crippen molar-refractivity contribution in [3.05, 3.63) is 41.9 Å². The summed E-state index contributed by atoms with van der Waals surface area (Å²) in [6, 6.07) is 6.25. The van der Waals surface area contributed by atoms with Crippen LogP contribution in [0.2, 0.25) is 0 Å². The molecule has 0 N–H and O–H groups in total. The zero-order valence-corrected chi connectivity index (χ0v) is 15.4. The van der Waals surface area contributed by atoms with Crippen molar-refractivity contribution in [1.29, 1.82) is 0 Å². The van der Waals surface area contributed by atoms with Crippen molar-refractivity contribution >= 4 is 5.91 Å². The molecule has 3 rings (SSSR count). The van der Waals surface area contributed by atoms with E-state index in [-0.39, 0.29) is 5.91 Å². The fourth-order valence-corrected chi connectivity index (χ4v) is 3.49. The lowest BCUT2D eigenvalue weighted by atomic mass is 10.00. The van der Waals surface area contributed by atoms with Crippen LogP contribution in [0.3, 0.4) is 0 Å². The van der Waals surface area contributed by atoms with Crippen LogP contribution in [0.1, 0.15) is 41.7 Å². The zero-order valence-electron chi connectivity index (χ0n) is 15.4. The molecule has 0 radical (unpaired) electrons. The Morgan fingerprint density at radius 1 is 1.36 bits per heavy atom. The molecule has 2 aromatic heterocycles. The first kappa shape index (κ1) is 17.6. The van der Waals surface area contributed by atoms with Gasteiger partial charge in [0, 0.05) is 25.8 Å². The number of hydrogen-bond acceptors (Lipinski definition) is 4. The predicted molar refractivity (Wildman–Crippen MR) is 97.9 cm³/mol. The quantitative estimate of drug-likeness (QED) is 0.838. The number of nitrogens with zero attached hydrogens (tertiary/aromatic N) is 5. The van der Waals surface area contributed by atoms with Gasteiger partial charge >= 0.3 is 0 Å². The van der Waals surface area contributed by atoms with E-state index in [1.165, 1.54) is 19.3 Å². The minimum atomic E-state index is 0.0261. The lowest BCUT2D eigenvalue weighted by Crippen LogP contribution is -2.39. The Balaban J connectivity index is 1.65. The fraction of sp³-hybridized carbons (Fsp3) is 0.526. The number of carbonyl (C=O) groups is 1. The van der Waals surface area contributed by atoms with E-state index in [9.17, 15) is 4.79 Å². The molecule has 3 heterocycles. The average Bonchev–Trinajstić information content (AvgIpc) is 3.02. The molecule has 1 fully saturated rings. The van der Waals surface area contributed by atoms with Crippen LogP contribution >= 0.6 is 0 Å². The number of carbonyl (C=O) groups excluding carboxylic acids is 1. The minimum Gasteiger partial charge on any atom is -0.342 e. The second-order valence-corrected chi connectivity index (χ2v) is 6.89. The lowest BCUT2D eigenvalue weighted by molar-refractivity contribution is 0.0770. The summed E-state index contributed by atoms with van der Waals surface area (Å²) in [6.07, 6.45) is 8.21. The molecule has 1 aliphatic heterocycles. The van der Waals surface area contributed by atoms with Gasteiger partial charge in [0.1, 0.15) is 0 Å². The van der Waals surface area contributed by atoms with Gasteiger partial charge in [-0.05, 0) is 51.9 Å². The summed E-state index contributed by atoms with van der Waals surface area (Å²) >= 11 is 0. The van der Waals surface area contributed by atoms with Gasteiger partial charge in [-0.2, -0.15) is 5.10 Å². The number of rotatable bonds is 5. The lowest BCUT2D eigenvalue weighted by Gasteiger charge is -2.33. The summed E-state index contributed by atoms with van der Waals surface area (Å²) in [7, 11) is 4.06. The van der Waals surface area contributed by atoms with Crippen molar-refractivity contribution < 1.29 is 4.79 Å². The fourth-order valence-electron chi connectivity index (χ4n) is 3.49. The van der Waals surface area contributed by atoms with Crippen molar-refractivity contribution in [1.82, 2.24) is 24.6 Å². The summed E-state index contributed by atoms with van der Waals surface area (Å²) in [4.78, 5) is 21.3. The number of aromatic nitrogens is 3. The Morgan fingerprint density at radius 3 is 2.92 bits per heavy atom. The van der Waals surface area contributed by atoms with Crippen LogP contribution in [0.5, 0.6) is 0 Å². The van der Waals surface area contributed by atoms with E-state index >= 15 is 0 Å². The Morgan fingerprint density at radius 2 is 2.20 bits per heavy atom. The van der Waals surface area contributed by atoms with Gasteiger partial charge in [0.2, 0.25) is 0 Å². The smallest absolute Gasteiger partial charge is 0.257 e. The van der Waals surface area contributed by atoms with Gasteiger partial charge in [-0.3, -0.25) is 4.79 Å². The normalized spacial score (nSPS) is 18.3. The van der Waals surface area contributed by atoms with E-state index in [4.69, 9.17) is 0 Å². The van der Waals surface area contributed by atoms with Gasteiger partial charge in [-0.25, -0.2) is 9.67 Å². The highest BCUT2D eigenvalue weighted by atomic mass is 16.2. The Bertz CT molecular complexity index is 712. The number of amides is 1. The third-order valence-corrected chi connectivity index (χ3v) is 5.17. The number of likely N-dealkylation sites (tertiary alicyclic amines) is 1. The summed E-state index contributed by atoms with van der Waals surface area (Å²) < 4.78 is 1.72. The summed E-state index contributed by atoms with van der Waals surface area (Å²) in [5.41, 5.74) is 1.47. The molecule has 6 nitrogen and oxygen atoms in total. The molecule has 25 heavy (non-hydrogen) atoms. The van der Waals surface area contributed by atoms with E-state index in [1.54, 1.807) is 17.1 Å². The summed E-state index contributed by atoms with van der Waals surface area (Å²) in [5.74, 6) is 0.753. The molecule has 2 aromatic rings. The Hall–Kier alpha value is -2.21. The van der Waals surface area contributed by atoms with Crippen molar-refractivity contribution in [2.24, 2.45) is 0 Å². The van der Waals surface area contributed by atoms with Crippen molar-refractivity contribution in [3.63, 3.8) is 0 Å². The maximum atomic E-state index is 12.8. The third kappa shape index (κ3) is 3.90. The maximum absolute atomic E-state index is 12.8. The topological polar surface area (TPSA) is 54.3 Å². The van der Waals surface area contributed by atoms with Crippen LogP contribution in [0, 0.1) is 6.92 Å². The van der Waals surface area contributed by atoms with Gasteiger partial charge < -0.3 is 9.80 Å². The molecule has 0 bridgehead atoms. The van der Waals surface area contributed by atoms with Crippen LogP contribution in [0.4, 0.5) is 0 Å². The SMILES string of the molecule is Cc1c(C(=O)N(C)CC[C@H]2CCCCN2C)cnn1-c1ccccn1. The molecule has 1 saturated heterocycles.